The Labute approximate surface area is 220 Å². The van der Waals surface area contributed by atoms with Crippen molar-refractivity contribution in [1.29, 1.82) is 0 Å². The molecule has 9 heteroatoms. The summed E-state index contributed by atoms with van der Waals surface area (Å²) >= 11 is 7.31. The van der Waals surface area contributed by atoms with Crippen LogP contribution in [0.25, 0.3) is 10.2 Å². The predicted molar refractivity (Wildman–Crippen MR) is 148 cm³/mol. The van der Waals surface area contributed by atoms with Crippen molar-refractivity contribution >= 4 is 48.9 Å². The van der Waals surface area contributed by atoms with Gasteiger partial charge in [-0.25, -0.2) is 13.1 Å². The molecule has 1 fully saturated rings. The van der Waals surface area contributed by atoms with Gasteiger partial charge in [0, 0.05) is 29.8 Å². The topological polar surface area (TPSA) is 71.4 Å². The molecule has 3 aromatic carbocycles. The summed E-state index contributed by atoms with van der Waals surface area (Å²) in [5.74, 6) is 0. The summed E-state index contributed by atoms with van der Waals surface area (Å²) in [4.78, 5) is 15.0. The smallest absolute Gasteiger partial charge is 0.308 e. The molecular formula is C27H28ClN3O3S2. The number of anilines is 1. The molecule has 1 aliphatic rings. The highest BCUT2D eigenvalue weighted by atomic mass is 35.5. The Bertz CT molecular complexity index is 1540. The zero-order chi connectivity index (χ0) is 25.3. The number of rotatable bonds is 7. The van der Waals surface area contributed by atoms with Crippen LogP contribution in [-0.4, -0.2) is 26.1 Å². The molecule has 1 aromatic heterocycles. The van der Waals surface area contributed by atoms with Gasteiger partial charge in [-0.3, -0.25) is 9.36 Å². The Balaban J connectivity index is 1.34. The fourth-order valence-electron chi connectivity index (χ4n) is 4.66. The fourth-order valence-corrected chi connectivity index (χ4v) is 7.11. The Morgan fingerprint density at radius 1 is 1.00 bits per heavy atom. The van der Waals surface area contributed by atoms with E-state index >= 15 is 0 Å². The number of aromatic nitrogens is 1. The fraction of sp³-hybridized carbons (Fsp3) is 0.296. The first kappa shape index (κ1) is 25.0. The lowest BCUT2D eigenvalue weighted by molar-refractivity contribution is 0.566. The number of hydrogen-bond donors (Lipinski definition) is 1. The summed E-state index contributed by atoms with van der Waals surface area (Å²) in [5.41, 5.74) is 3.59. The van der Waals surface area contributed by atoms with Crippen LogP contribution in [0, 0.1) is 0 Å². The van der Waals surface area contributed by atoms with Gasteiger partial charge in [0.05, 0.1) is 21.7 Å². The zero-order valence-corrected chi connectivity index (χ0v) is 22.4. The van der Waals surface area contributed by atoms with Gasteiger partial charge in [-0.05, 0) is 73.7 Å². The van der Waals surface area contributed by atoms with Crippen LogP contribution < -0.4 is 14.5 Å². The molecule has 0 spiro atoms. The second-order valence-electron chi connectivity index (χ2n) is 9.16. The molecule has 36 heavy (non-hydrogen) atoms. The van der Waals surface area contributed by atoms with Crippen molar-refractivity contribution in [3.63, 3.8) is 0 Å². The standard InChI is InChI=1S/C27H28ClN3O3S2/c1-19(20-9-11-22(12-10-20)30-15-5-2-6-16-30)29-36(33,34)23-13-14-25-26(17-23)35-27(32)31(25)18-21-7-3-4-8-24(21)28/h3-4,7-14,17,19,29H,2,5-6,15-16,18H2,1H3/t19-/m0/s1. The van der Waals surface area contributed by atoms with E-state index in [2.05, 4.69) is 21.8 Å². The van der Waals surface area contributed by atoms with Crippen molar-refractivity contribution in [2.24, 2.45) is 0 Å². The van der Waals surface area contributed by atoms with Crippen LogP contribution in [0.4, 0.5) is 5.69 Å². The highest BCUT2D eigenvalue weighted by molar-refractivity contribution is 7.89. The minimum atomic E-state index is -3.79. The van der Waals surface area contributed by atoms with E-state index in [1.54, 1.807) is 28.8 Å². The molecule has 6 nitrogen and oxygen atoms in total. The molecule has 1 N–H and O–H groups in total. The Hall–Kier alpha value is -2.65. The van der Waals surface area contributed by atoms with E-state index in [1.807, 2.05) is 37.3 Å². The lowest BCUT2D eigenvalue weighted by Crippen LogP contribution is -2.29. The maximum Gasteiger partial charge on any atom is 0.308 e. The molecule has 0 bridgehead atoms. The highest BCUT2D eigenvalue weighted by Crippen LogP contribution is 2.26. The van der Waals surface area contributed by atoms with Gasteiger partial charge in [-0.2, -0.15) is 0 Å². The summed E-state index contributed by atoms with van der Waals surface area (Å²) < 4.78 is 31.4. The second-order valence-corrected chi connectivity index (χ2v) is 12.3. The van der Waals surface area contributed by atoms with Gasteiger partial charge in [0.15, 0.2) is 0 Å². The molecule has 0 amide bonds. The van der Waals surface area contributed by atoms with E-state index in [9.17, 15) is 13.2 Å². The number of hydrogen-bond acceptors (Lipinski definition) is 5. The first-order chi connectivity index (χ1) is 17.3. The molecule has 5 rings (SSSR count). The normalized spacial score (nSPS) is 15.3. The van der Waals surface area contributed by atoms with Gasteiger partial charge in [-0.15, -0.1) is 0 Å². The van der Waals surface area contributed by atoms with Gasteiger partial charge in [0.25, 0.3) is 0 Å². The Morgan fingerprint density at radius 2 is 1.72 bits per heavy atom. The SMILES string of the molecule is C[C@H](NS(=O)(=O)c1ccc2c(c1)sc(=O)n2Cc1ccccc1Cl)c1ccc(N2CCCCC2)cc1. The molecule has 0 saturated carbocycles. The third-order valence-electron chi connectivity index (χ3n) is 6.68. The second kappa shape index (κ2) is 10.4. The lowest BCUT2D eigenvalue weighted by Gasteiger charge is -2.29. The zero-order valence-electron chi connectivity index (χ0n) is 20.0. The van der Waals surface area contributed by atoms with E-state index in [-0.39, 0.29) is 9.77 Å². The van der Waals surface area contributed by atoms with Crippen LogP contribution in [0.3, 0.4) is 0 Å². The van der Waals surface area contributed by atoms with Crippen LogP contribution in [-0.2, 0) is 16.6 Å². The van der Waals surface area contributed by atoms with Crippen molar-refractivity contribution in [1.82, 2.24) is 9.29 Å². The van der Waals surface area contributed by atoms with E-state index in [0.29, 0.717) is 21.8 Å². The number of piperidine rings is 1. The Morgan fingerprint density at radius 3 is 2.44 bits per heavy atom. The maximum atomic E-state index is 13.2. The summed E-state index contributed by atoms with van der Waals surface area (Å²) in [6, 6.07) is 19.9. The van der Waals surface area contributed by atoms with Crippen LogP contribution in [0.1, 0.15) is 43.4 Å². The van der Waals surface area contributed by atoms with Gasteiger partial charge >= 0.3 is 4.87 Å². The summed E-state index contributed by atoms with van der Waals surface area (Å²) in [7, 11) is -3.79. The van der Waals surface area contributed by atoms with Crippen molar-refractivity contribution in [2.45, 2.75) is 43.7 Å². The number of benzene rings is 3. The van der Waals surface area contributed by atoms with Gasteiger partial charge < -0.3 is 4.90 Å². The van der Waals surface area contributed by atoms with Crippen LogP contribution >= 0.6 is 22.9 Å². The summed E-state index contributed by atoms with van der Waals surface area (Å²) in [5, 5.41) is 0.588. The molecule has 4 aromatic rings. The number of fused-ring (bicyclic) bond motifs is 1. The molecule has 1 atom stereocenters. The largest absolute Gasteiger partial charge is 0.372 e. The van der Waals surface area contributed by atoms with Crippen LogP contribution in [0.15, 0.2) is 76.4 Å². The maximum absolute atomic E-state index is 13.2. The molecule has 2 heterocycles. The van der Waals surface area contributed by atoms with E-state index < -0.39 is 16.1 Å². The third-order valence-corrected chi connectivity index (χ3v) is 9.53. The van der Waals surface area contributed by atoms with E-state index in [4.69, 9.17) is 11.6 Å². The molecule has 0 unspecified atom stereocenters. The van der Waals surface area contributed by atoms with Gasteiger partial charge in [0.2, 0.25) is 10.0 Å². The molecule has 188 valence electrons. The lowest BCUT2D eigenvalue weighted by atomic mass is 10.1. The van der Waals surface area contributed by atoms with Crippen LogP contribution in [0.2, 0.25) is 5.02 Å². The van der Waals surface area contributed by atoms with Crippen LogP contribution in [0.5, 0.6) is 0 Å². The minimum absolute atomic E-state index is 0.137. The van der Waals surface area contributed by atoms with Gasteiger partial charge in [-0.1, -0.05) is 53.3 Å². The molecule has 0 aliphatic carbocycles. The minimum Gasteiger partial charge on any atom is -0.372 e. The first-order valence-electron chi connectivity index (χ1n) is 12.1. The summed E-state index contributed by atoms with van der Waals surface area (Å²) in [6.45, 7) is 4.30. The van der Waals surface area contributed by atoms with Gasteiger partial charge in [0.1, 0.15) is 0 Å². The van der Waals surface area contributed by atoms with Crippen molar-refractivity contribution in [3.8, 4) is 0 Å². The first-order valence-corrected chi connectivity index (χ1v) is 14.7. The third kappa shape index (κ3) is 5.22. The van der Waals surface area contributed by atoms with Crippen molar-refractivity contribution in [2.75, 3.05) is 18.0 Å². The number of thiazole rings is 1. The number of nitrogens with one attached hydrogen (secondary N) is 1. The molecule has 0 radical (unpaired) electrons. The Kier molecular flexibility index (Phi) is 7.21. The van der Waals surface area contributed by atoms with E-state index in [1.165, 1.54) is 24.9 Å². The predicted octanol–water partition coefficient (Wildman–Crippen LogP) is 5.79. The van der Waals surface area contributed by atoms with E-state index in [0.717, 1.165) is 35.6 Å². The highest BCUT2D eigenvalue weighted by Gasteiger charge is 2.21. The quantitative estimate of drug-likeness (QED) is 0.321. The summed E-state index contributed by atoms with van der Waals surface area (Å²) in [6.07, 6.45) is 3.70. The number of nitrogens with zero attached hydrogens (tertiary/aromatic N) is 2. The van der Waals surface area contributed by atoms with Crippen molar-refractivity contribution < 1.29 is 8.42 Å². The molecular weight excluding hydrogens is 514 g/mol. The molecule has 1 saturated heterocycles. The number of halogens is 1. The average molecular weight is 542 g/mol. The van der Waals surface area contributed by atoms with Crippen molar-refractivity contribution in [3.05, 3.63) is 92.5 Å². The average Bonchev–Trinajstić information content (AvgIpc) is 3.20. The monoisotopic (exact) mass is 541 g/mol. The molecule has 1 aliphatic heterocycles. The number of sulfonamides is 1.